The molecule has 27 heavy (non-hydrogen) atoms. The van der Waals surface area contributed by atoms with Crippen LogP contribution in [0.2, 0.25) is 0 Å². The number of phenols is 1. The summed E-state index contributed by atoms with van der Waals surface area (Å²) in [5, 5.41) is 20.6. The van der Waals surface area contributed by atoms with E-state index in [9.17, 15) is 23.4 Å². The maximum Gasteiger partial charge on any atom is 0.267 e. The standard InChI is InChI=1S/C20H23F3N2O2/c1-19(2,16-9-14(21)5-6-17(16)26)12-20(27,18(22)23)10-15(24)8-13-4-3-7-25-11-13/h3-9,11,18,26-27H,10,12,24H2,1-2H3/b15-8-. The Labute approximate surface area is 156 Å². The smallest absolute Gasteiger partial charge is 0.267 e. The van der Waals surface area contributed by atoms with Gasteiger partial charge in [-0.05, 0) is 47.7 Å². The van der Waals surface area contributed by atoms with Crippen LogP contribution in [0, 0.1) is 5.82 Å². The number of halogens is 3. The molecule has 1 aromatic heterocycles. The highest BCUT2D eigenvalue weighted by atomic mass is 19.3. The molecule has 1 aromatic carbocycles. The van der Waals surface area contributed by atoms with E-state index in [-0.39, 0.29) is 17.0 Å². The largest absolute Gasteiger partial charge is 0.508 e. The third-order valence-corrected chi connectivity index (χ3v) is 4.39. The van der Waals surface area contributed by atoms with Gasteiger partial charge in [-0.1, -0.05) is 19.9 Å². The van der Waals surface area contributed by atoms with Gasteiger partial charge >= 0.3 is 0 Å². The van der Waals surface area contributed by atoms with Crippen LogP contribution < -0.4 is 5.73 Å². The average molecular weight is 380 g/mol. The molecule has 2 aromatic rings. The number of aromatic nitrogens is 1. The fraction of sp³-hybridized carbons (Fsp3) is 0.350. The Morgan fingerprint density at radius 1 is 1.30 bits per heavy atom. The Bertz CT molecular complexity index is 810. The highest BCUT2D eigenvalue weighted by molar-refractivity contribution is 5.51. The molecule has 0 amide bonds. The summed E-state index contributed by atoms with van der Waals surface area (Å²) in [4.78, 5) is 3.91. The summed E-state index contributed by atoms with van der Waals surface area (Å²) in [7, 11) is 0. The molecule has 1 unspecified atom stereocenters. The summed E-state index contributed by atoms with van der Waals surface area (Å²) in [6, 6.07) is 6.69. The van der Waals surface area contributed by atoms with Crippen LogP contribution in [0.1, 0.15) is 37.8 Å². The van der Waals surface area contributed by atoms with Gasteiger partial charge in [0.1, 0.15) is 17.2 Å². The number of hydrogen-bond acceptors (Lipinski definition) is 4. The maximum atomic E-state index is 13.7. The van der Waals surface area contributed by atoms with Crippen LogP contribution in [-0.4, -0.2) is 27.2 Å². The number of aliphatic hydroxyl groups is 1. The van der Waals surface area contributed by atoms with Crippen molar-refractivity contribution in [3.05, 3.63) is 65.4 Å². The number of pyridine rings is 1. The summed E-state index contributed by atoms with van der Waals surface area (Å²) < 4.78 is 41.0. The Hall–Kier alpha value is -2.54. The Morgan fingerprint density at radius 2 is 2.00 bits per heavy atom. The minimum absolute atomic E-state index is 0.0602. The van der Waals surface area contributed by atoms with E-state index in [1.807, 2.05) is 0 Å². The van der Waals surface area contributed by atoms with Crippen molar-refractivity contribution in [1.82, 2.24) is 4.98 Å². The van der Waals surface area contributed by atoms with Crippen molar-refractivity contribution in [3.63, 3.8) is 0 Å². The SMILES string of the molecule is CC(C)(CC(O)(C/C(N)=C/c1cccnc1)C(F)F)c1cc(F)ccc1O. The number of nitrogens with two attached hydrogens (primary N) is 1. The zero-order valence-electron chi connectivity index (χ0n) is 15.2. The van der Waals surface area contributed by atoms with Crippen LogP contribution in [-0.2, 0) is 5.41 Å². The van der Waals surface area contributed by atoms with Crippen LogP contribution in [0.15, 0.2) is 48.4 Å². The summed E-state index contributed by atoms with van der Waals surface area (Å²) in [6.07, 6.45) is 0.538. The molecule has 0 radical (unpaired) electrons. The summed E-state index contributed by atoms with van der Waals surface area (Å²) in [5.74, 6) is -0.829. The first-order valence-corrected chi connectivity index (χ1v) is 8.39. The van der Waals surface area contributed by atoms with Gasteiger partial charge in [0.05, 0.1) is 0 Å². The van der Waals surface area contributed by atoms with Crippen molar-refractivity contribution < 1.29 is 23.4 Å². The molecule has 1 heterocycles. The predicted molar refractivity (Wildman–Crippen MR) is 97.7 cm³/mol. The van der Waals surface area contributed by atoms with Crippen molar-refractivity contribution >= 4 is 6.08 Å². The number of alkyl halides is 2. The van der Waals surface area contributed by atoms with Crippen LogP contribution in [0.25, 0.3) is 6.08 Å². The molecule has 0 aliphatic carbocycles. The Balaban J connectivity index is 2.29. The number of phenolic OH excluding ortho intramolecular Hbond substituents is 1. The molecular formula is C20H23F3N2O2. The van der Waals surface area contributed by atoms with Crippen molar-refractivity contribution in [1.29, 1.82) is 0 Å². The lowest BCUT2D eigenvalue weighted by molar-refractivity contribution is -0.110. The summed E-state index contributed by atoms with van der Waals surface area (Å²) >= 11 is 0. The van der Waals surface area contributed by atoms with Crippen molar-refractivity contribution in [2.24, 2.45) is 5.73 Å². The average Bonchev–Trinajstić information content (AvgIpc) is 2.57. The van der Waals surface area contributed by atoms with Crippen molar-refractivity contribution in [3.8, 4) is 5.75 Å². The van der Waals surface area contributed by atoms with Gasteiger partial charge in [0.2, 0.25) is 0 Å². The third-order valence-electron chi connectivity index (χ3n) is 4.39. The van der Waals surface area contributed by atoms with Crippen molar-refractivity contribution in [2.75, 3.05) is 0 Å². The summed E-state index contributed by atoms with van der Waals surface area (Å²) in [5.41, 5.74) is 3.10. The molecule has 1 atom stereocenters. The Morgan fingerprint density at radius 3 is 2.59 bits per heavy atom. The third kappa shape index (κ3) is 5.23. The minimum Gasteiger partial charge on any atom is -0.508 e. The lowest BCUT2D eigenvalue weighted by Gasteiger charge is -2.36. The van der Waals surface area contributed by atoms with Crippen LogP contribution >= 0.6 is 0 Å². The van der Waals surface area contributed by atoms with Gasteiger partial charge in [0, 0.05) is 30.1 Å². The van der Waals surface area contributed by atoms with E-state index in [1.54, 1.807) is 32.2 Å². The second kappa shape index (κ2) is 8.00. The molecule has 7 heteroatoms. The molecule has 0 aliphatic rings. The van der Waals surface area contributed by atoms with E-state index >= 15 is 0 Å². The van der Waals surface area contributed by atoms with Gasteiger partial charge in [-0.15, -0.1) is 0 Å². The van der Waals surface area contributed by atoms with Gasteiger partial charge < -0.3 is 15.9 Å². The fourth-order valence-corrected chi connectivity index (χ4v) is 3.21. The van der Waals surface area contributed by atoms with Crippen molar-refractivity contribution in [2.45, 2.75) is 44.1 Å². The molecule has 0 aliphatic heterocycles. The van der Waals surface area contributed by atoms with Crippen LogP contribution in [0.5, 0.6) is 5.75 Å². The van der Waals surface area contributed by atoms with Crippen LogP contribution in [0.4, 0.5) is 13.2 Å². The molecular weight excluding hydrogens is 357 g/mol. The molecule has 4 N–H and O–H groups in total. The van der Waals surface area contributed by atoms with E-state index in [1.165, 1.54) is 12.3 Å². The molecule has 0 spiro atoms. The lowest BCUT2D eigenvalue weighted by Crippen LogP contribution is -2.44. The quantitative estimate of drug-likeness (QED) is 0.679. The van der Waals surface area contributed by atoms with E-state index in [0.29, 0.717) is 5.56 Å². The second-order valence-corrected chi connectivity index (χ2v) is 7.31. The zero-order chi connectivity index (χ0) is 20.2. The highest BCUT2D eigenvalue weighted by Gasteiger charge is 2.44. The van der Waals surface area contributed by atoms with Gasteiger partial charge in [0.15, 0.2) is 0 Å². The first-order valence-electron chi connectivity index (χ1n) is 8.39. The molecule has 146 valence electrons. The first kappa shape index (κ1) is 20.8. The first-order chi connectivity index (χ1) is 12.5. The number of hydrogen-bond donors (Lipinski definition) is 3. The lowest BCUT2D eigenvalue weighted by atomic mass is 9.73. The molecule has 0 fully saturated rings. The minimum atomic E-state index is -3.09. The molecule has 2 rings (SSSR count). The number of aromatic hydroxyl groups is 1. The topological polar surface area (TPSA) is 79.4 Å². The highest BCUT2D eigenvalue weighted by Crippen LogP contribution is 2.41. The van der Waals surface area contributed by atoms with Crippen LogP contribution in [0.3, 0.4) is 0 Å². The fourth-order valence-electron chi connectivity index (χ4n) is 3.21. The van der Waals surface area contributed by atoms with Gasteiger partial charge in [-0.3, -0.25) is 4.98 Å². The van der Waals surface area contributed by atoms with E-state index < -0.39 is 36.1 Å². The summed E-state index contributed by atoms with van der Waals surface area (Å²) in [6.45, 7) is 3.10. The van der Waals surface area contributed by atoms with E-state index in [4.69, 9.17) is 5.73 Å². The second-order valence-electron chi connectivity index (χ2n) is 7.31. The molecule has 0 bridgehead atoms. The van der Waals surface area contributed by atoms with Gasteiger partial charge in [-0.2, -0.15) is 0 Å². The van der Waals surface area contributed by atoms with E-state index in [2.05, 4.69) is 4.98 Å². The molecule has 4 nitrogen and oxygen atoms in total. The number of benzene rings is 1. The normalized spacial score (nSPS) is 15.0. The van der Waals surface area contributed by atoms with Gasteiger partial charge in [0.25, 0.3) is 6.43 Å². The molecule has 0 saturated carbocycles. The maximum absolute atomic E-state index is 13.7. The predicted octanol–water partition coefficient (Wildman–Crippen LogP) is 3.98. The molecule has 0 saturated heterocycles. The zero-order valence-corrected chi connectivity index (χ0v) is 15.2. The monoisotopic (exact) mass is 380 g/mol. The Kier molecular flexibility index (Phi) is 6.15. The number of rotatable bonds is 7. The van der Waals surface area contributed by atoms with E-state index in [0.717, 1.165) is 18.2 Å². The van der Waals surface area contributed by atoms with Gasteiger partial charge in [-0.25, -0.2) is 13.2 Å². The number of nitrogens with zero attached hydrogens (tertiary/aromatic N) is 1.